The maximum atomic E-state index is 9.93. The fourth-order valence-electron chi connectivity index (χ4n) is 4.67. The zero-order valence-electron chi connectivity index (χ0n) is 15.2. The quantitative estimate of drug-likeness (QED) is 0.929. The summed E-state index contributed by atoms with van der Waals surface area (Å²) in [5, 5.41) is 9.93. The average Bonchev–Trinajstić information content (AvgIpc) is 3.09. The van der Waals surface area contributed by atoms with Crippen LogP contribution in [-0.2, 0) is 12.0 Å². The lowest BCUT2D eigenvalue weighted by Crippen LogP contribution is -2.60. The summed E-state index contributed by atoms with van der Waals surface area (Å²) in [6, 6.07) is 12.5. The van der Waals surface area contributed by atoms with Gasteiger partial charge in [-0.15, -0.1) is 0 Å². The third-order valence-corrected chi connectivity index (χ3v) is 6.41. The van der Waals surface area contributed by atoms with Crippen molar-refractivity contribution in [3.05, 3.63) is 54.0 Å². The first kappa shape index (κ1) is 16.7. The van der Waals surface area contributed by atoms with Gasteiger partial charge >= 0.3 is 0 Å². The molecular formula is C21H28N2O2. The summed E-state index contributed by atoms with van der Waals surface area (Å²) in [5.41, 5.74) is 1.37. The van der Waals surface area contributed by atoms with Crippen molar-refractivity contribution in [2.45, 2.75) is 38.3 Å². The predicted octanol–water partition coefficient (Wildman–Crippen LogP) is 3.47. The van der Waals surface area contributed by atoms with Crippen LogP contribution in [0.25, 0.3) is 0 Å². The van der Waals surface area contributed by atoms with Crippen LogP contribution in [0.5, 0.6) is 5.75 Å². The largest absolute Gasteiger partial charge is 0.508 e. The minimum absolute atomic E-state index is 0.105. The highest BCUT2D eigenvalue weighted by atomic mass is 16.3. The molecule has 4 nitrogen and oxygen atoms in total. The number of phenolic OH excluding ortho intramolecular Hbond substituents is 1. The first-order valence-corrected chi connectivity index (χ1v) is 9.33. The van der Waals surface area contributed by atoms with Crippen LogP contribution in [0.4, 0.5) is 0 Å². The number of furan rings is 1. The van der Waals surface area contributed by atoms with E-state index >= 15 is 0 Å². The fraction of sp³-hybridized carbons (Fsp3) is 0.524. The number of fused-ring (bicyclic) bond motifs is 1. The van der Waals surface area contributed by atoms with Crippen molar-refractivity contribution in [1.29, 1.82) is 0 Å². The van der Waals surface area contributed by atoms with E-state index in [0.717, 1.165) is 44.9 Å². The summed E-state index contributed by atoms with van der Waals surface area (Å²) in [6.07, 6.45) is 2.89. The molecule has 0 spiro atoms. The molecule has 0 amide bonds. The van der Waals surface area contributed by atoms with E-state index in [1.807, 2.05) is 18.2 Å². The van der Waals surface area contributed by atoms with Gasteiger partial charge in [0.25, 0.3) is 0 Å². The third kappa shape index (κ3) is 3.21. The maximum absolute atomic E-state index is 9.93. The van der Waals surface area contributed by atoms with Crippen molar-refractivity contribution >= 4 is 0 Å². The smallest absolute Gasteiger partial charge is 0.117 e. The van der Waals surface area contributed by atoms with Gasteiger partial charge in [0.15, 0.2) is 0 Å². The number of hydrogen-bond acceptors (Lipinski definition) is 4. The Labute approximate surface area is 150 Å². The van der Waals surface area contributed by atoms with Gasteiger partial charge in [0.05, 0.1) is 12.8 Å². The highest BCUT2D eigenvalue weighted by molar-refractivity contribution is 5.34. The van der Waals surface area contributed by atoms with Crippen LogP contribution in [0.15, 0.2) is 47.1 Å². The fourth-order valence-corrected chi connectivity index (χ4v) is 4.67. The molecule has 2 saturated heterocycles. The van der Waals surface area contributed by atoms with E-state index in [9.17, 15) is 5.11 Å². The van der Waals surface area contributed by atoms with E-state index in [-0.39, 0.29) is 5.41 Å². The summed E-state index contributed by atoms with van der Waals surface area (Å²) in [7, 11) is 0. The van der Waals surface area contributed by atoms with Crippen molar-refractivity contribution in [2.24, 2.45) is 5.92 Å². The van der Waals surface area contributed by atoms with Gasteiger partial charge < -0.3 is 9.52 Å². The van der Waals surface area contributed by atoms with Gasteiger partial charge in [-0.3, -0.25) is 9.80 Å². The van der Waals surface area contributed by atoms with Gasteiger partial charge in [-0.05, 0) is 47.6 Å². The second-order valence-electron chi connectivity index (χ2n) is 8.04. The average molecular weight is 340 g/mol. The Morgan fingerprint density at radius 1 is 1.20 bits per heavy atom. The summed E-state index contributed by atoms with van der Waals surface area (Å²) in [5.74, 6) is 1.99. The molecule has 1 N–H and O–H groups in total. The molecule has 0 saturated carbocycles. The lowest BCUT2D eigenvalue weighted by Gasteiger charge is -2.53. The molecule has 25 heavy (non-hydrogen) atoms. The molecular weight excluding hydrogens is 312 g/mol. The molecule has 0 bridgehead atoms. The molecule has 3 heterocycles. The highest BCUT2D eigenvalue weighted by Crippen LogP contribution is 2.43. The van der Waals surface area contributed by atoms with E-state index < -0.39 is 0 Å². The Balaban J connectivity index is 1.51. The Morgan fingerprint density at radius 2 is 2.08 bits per heavy atom. The SMILES string of the molecule is CC1CN2CCN(Cc3ccco3)CC2C[C@@]1(C)c1cccc(O)c1. The van der Waals surface area contributed by atoms with Gasteiger partial charge in [0, 0.05) is 32.2 Å². The van der Waals surface area contributed by atoms with Crippen molar-refractivity contribution in [1.82, 2.24) is 9.80 Å². The van der Waals surface area contributed by atoms with E-state index in [0.29, 0.717) is 17.7 Å². The first-order chi connectivity index (χ1) is 12.0. The molecule has 2 aliphatic heterocycles. The number of piperidine rings is 1. The second-order valence-corrected chi connectivity index (χ2v) is 8.04. The zero-order valence-corrected chi connectivity index (χ0v) is 15.2. The number of hydrogen-bond donors (Lipinski definition) is 1. The van der Waals surface area contributed by atoms with Crippen molar-refractivity contribution < 1.29 is 9.52 Å². The second kappa shape index (κ2) is 6.50. The normalized spacial score (nSPS) is 31.0. The van der Waals surface area contributed by atoms with E-state index in [1.165, 1.54) is 5.56 Å². The summed E-state index contributed by atoms with van der Waals surface area (Å²) >= 11 is 0. The van der Waals surface area contributed by atoms with Crippen molar-refractivity contribution in [3.8, 4) is 5.75 Å². The van der Waals surface area contributed by atoms with Crippen LogP contribution in [0.2, 0.25) is 0 Å². The minimum atomic E-state index is 0.105. The molecule has 4 heteroatoms. The molecule has 134 valence electrons. The molecule has 2 unspecified atom stereocenters. The van der Waals surface area contributed by atoms with Crippen LogP contribution in [0.1, 0.15) is 31.6 Å². The molecule has 2 aliphatic rings. The predicted molar refractivity (Wildman–Crippen MR) is 98.6 cm³/mol. The van der Waals surface area contributed by atoms with Gasteiger partial charge in [0.2, 0.25) is 0 Å². The molecule has 3 atom stereocenters. The van der Waals surface area contributed by atoms with Gasteiger partial charge in [-0.1, -0.05) is 26.0 Å². The van der Waals surface area contributed by atoms with E-state index in [1.54, 1.807) is 12.3 Å². The van der Waals surface area contributed by atoms with Crippen LogP contribution >= 0.6 is 0 Å². The van der Waals surface area contributed by atoms with Gasteiger partial charge in [-0.25, -0.2) is 0 Å². The van der Waals surface area contributed by atoms with Crippen molar-refractivity contribution in [2.75, 3.05) is 26.2 Å². The zero-order chi connectivity index (χ0) is 17.4. The standard InChI is InChI=1S/C21H28N2O2/c1-16-13-23-9-8-22(15-20-7-4-10-25-20)14-18(23)12-21(16,2)17-5-3-6-19(24)11-17/h3-7,10-11,16,18,24H,8-9,12-15H2,1-2H3/t16?,18?,21-/m1/s1. The van der Waals surface area contributed by atoms with Crippen LogP contribution in [0, 0.1) is 5.92 Å². The summed E-state index contributed by atoms with van der Waals surface area (Å²) < 4.78 is 5.53. The Morgan fingerprint density at radius 3 is 2.84 bits per heavy atom. The van der Waals surface area contributed by atoms with Crippen LogP contribution in [0.3, 0.4) is 0 Å². The van der Waals surface area contributed by atoms with E-state index in [4.69, 9.17) is 4.42 Å². The molecule has 1 aromatic heterocycles. The summed E-state index contributed by atoms with van der Waals surface area (Å²) in [4.78, 5) is 5.17. The Hall–Kier alpha value is -1.78. The Bertz CT molecular complexity index is 714. The summed E-state index contributed by atoms with van der Waals surface area (Å²) in [6.45, 7) is 10.1. The minimum Gasteiger partial charge on any atom is -0.508 e. The van der Waals surface area contributed by atoms with Gasteiger partial charge in [-0.2, -0.15) is 0 Å². The van der Waals surface area contributed by atoms with E-state index in [2.05, 4.69) is 35.8 Å². The molecule has 2 aromatic rings. The number of benzene rings is 1. The monoisotopic (exact) mass is 340 g/mol. The van der Waals surface area contributed by atoms with Gasteiger partial charge in [0.1, 0.15) is 11.5 Å². The molecule has 4 rings (SSSR count). The third-order valence-electron chi connectivity index (χ3n) is 6.41. The molecule has 0 radical (unpaired) electrons. The Kier molecular flexibility index (Phi) is 4.34. The molecule has 1 aromatic carbocycles. The molecule has 2 fully saturated rings. The number of rotatable bonds is 3. The van der Waals surface area contributed by atoms with Crippen LogP contribution in [-0.4, -0.2) is 47.1 Å². The first-order valence-electron chi connectivity index (χ1n) is 9.33. The van der Waals surface area contributed by atoms with Crippen molar-refractivity contribution in [3.63, 3.8) is 0 Å². The number of nitrogens with zero attached hydrogens (tertiary/aromatic N) is 2. The number of aromatic hydroxyl groups is 1. The maximum Gasteiger partial charge on any atom is 0.117 e. The number of piperazine rings is 1. The number of phenols is 1. The van der Waals surface area contributed by atoms with Crippen LogP contribution < -0.4 is 0 Å². The highest BCUT2D eigenvalue weighted by Gasteiger charge is 2.44. The lowest BCUT2D eigenvalue weighted by atomic mass is 9.65. The lowest BCUT2D eigenvalue weighted by molar-refractivity contribution is -0.00720. The topological polar surface area (TPSA) is 39.9 Å². The molecule has 0 aliphatic carbocycles.